The predicted molar refractivity (Wildman–Crippen MR) is 101 cm³/mol. The molecular weight excluding hydrogens is 344 g/mol. The van der Waals surface area contributed by atoms with Crippen LogP contribution < -0.4 is 11.1 Å². The molecule has 0 bridgehead atoms. The van der Waals surface area contributed by atoms with Gasteiger partial charge >= 0.3 is 0 Å². The van der Waals surface area contributed by atoms with Crippen LogP contribution in [0.25, 0.3) is 11.3 Å². The van der Waals surface area contributed by atoms with E-state index in [4.69, 9.17) is 0 Å². The molecule has 0 spiro atoms. The number of amides is 1. The number of carbonyl (C=O) groups excluding carboxylic acids is 1. The normalized spacial score (nSPS) is 16.4. The maximum Gasteiger partial charge on any atom is 0.257 e. The number of nitrogens with one attached hydrogen (secondary N) is 2. The van der Waals surface area contributed by atoms with Gasteiger partial charge in [0.1, 0.15) is 5.82 Å². The van der Waals surface area contributed by atoms with E-state index in [-0.39, 0.29) is 22.9 Å². The molecule has 1 atom stereocenters. The van der Waals surface area contributed by atoms with Crippen LogP contribution in [0.3, 0.4) is 0 Å². The number of benzene rings is 1. The summed E-state index contributed by atoms with van der Waals surface area (Å²) >= 11 is 0. The van der Waals surface area contributed by atoms with Crippen LogP contribution in [0.5, 0.6) is 0 Å². The van der Waals surface area contributed by atoms with E-state index in [1.165, 1.54) is 12.3 Å². The topological polar surface area (TPSA) is 98.9 Å². The quantitative estimate of drug-likeness (QED) is 0.741. The smallest absolute Gasteiger partial charge is 0.257 e. The highest BCUT2D eigenvalue weighted by atomic mass is 16.2. The van der Waals surface area contributed by atoms with Gasteiger partial charge in [-0.25, -0.2) is 4.98 Å². The van der Waals surface area contributed by atoms with Gasteiger partial charge in [0, 0.05) is 36.8 Å². The SMILES string of the molecule is O=C(c1ccccc1)N1CCC(c2nc(-c3ccc[nH]c3=O)cc(=O)[nH]2)C1. The van der Waals surface area contributed by atoms with Crippen LogP contribution in [-0.2, 0) is 0 Å². The molecule has 0 aliphatic carbocycles. The Hall–Kier alpha value is -3.48. The largest absolute Gasteiger partial charge is 0.338 e. The highest BCUT2D eigenvalue weighted by molar-refractivity contribution is 5.94. The Kier molecular flexibility index (Phi) is 4.42. The van der Waals surface area contributed by atoms with E-state index in [1.54, 1.807) is 29.2 Å². The molecule has 136 valence electrons. The maximum absolute atomic E-state index is 12.6. The second-order valence-electron chi connectivity index (χ2n) is 6.53. The Bertz CT molecular complexity index is 1090. The monoisotopic (exact) mass is 362 g/mol. The molecule has 4 rings (SSSR count). The summed E-state index contributed by atoms with van der Waals surface area (Å²) in [5.74, 6) is 0.397. The van der Waals surface area contributed by atoms with Gasteiger partial charge in [0.15, 0.2) is 0 Å². The second kappa shape index (κ2) is 7.03. The van der Waals surface area contributed by atoms with Crippen molar-refractivity contribution in [1.82, 2.24) is 19.9 Å². The second-order valence-corrected chi connectivity index (χ2v) is 6.53. The number of rotatable bonds is 3. The summed E-state index contributed by atoms with van der Waals surface area (Å²) in [5, 5.41) is 0. The molecule has 1 fully saturated rings. The van der Waals surface area contributed by atoms with Gasteiger partial charge in [0.05, 0.1) is 11.3 Å². The molecule has 1 aliphatic rings. The molecule has 1 amide bonds. The minimum Gasteiger partial charge on any atom is -0.338 e. The van der Waals surface area contributed by atoms with Crippen molar-refractivity contribution in [2.24, 2.45) is 0 Å². The molecule has 7 heteroatoms. The third kappa shape index (κ3) is 3.44. The molecule has 0 saturated carbocycles. The van der Waals surface area contributed by atoms with Crippen LogP contribution in [-0.4, -0.2) is 38.8 Å². The zero-order valence-corrected chi connectivity index (χ0v) is 14.5. The van der Waals surface area contributed by atoms with Crippen molar-refractivity contribution in [2.45, 2.75) is 12.3 Å². The zero-order valence-electron chi connectivity index (χ0n) is 14.5. The van der Waals surface area contributed by atoms with Crippen molar-refractivity contribution >= 4 is 5.91 Å². The fourth-order valence-electron chi connectivity index (χ4n) is 3.36. The first kappa shape index (κ1) is 17.0. The Morgan fingerprint density at radius 1 is 1.11 bits per heavy atom. The summed E-state index contributed by atoms with van der Waals surface area (Å²) in [6, 6.07) is 13.8. The highest BCUT2D eigenvalue weighted by Gasteiger charge is 2.29. The number of pyridine rings is 1. The lowest BCUT2D eigenvalue weighted by Gasteiger charge is -2.16. The fraction of sp³-hybridized carbons (Fsp3) is 0.200. The predicted octanol–water partition coefficient (Wildman–Crippen LogP) is 1.75. The summed E-state index contributed by atoms with van der Waals surface area (Å²) in [5.41, 5.74) is 0.715. The third-order valence-corrected chi connectivity index (χ3v) is 4.74. The summed E-state index contributed by atoms with van der Waals surface area (Å²) in [6.07, 6.45) is 2.24. The summed E-state index contributed by atoms with van der Waals surface area (Å²) in [7, 11) is 0. The molecule has 1 saturated heterocycles. The van der Waals surface area contributed by atoms with E-state index in [9.17, 15) is 14.4 Å². The lowest BCUT2D eigenvalue weighted by molar-refractivity contribution is 0.0790. The van der Waals surface area contributed by atoms with Gasteiger partial charge < -0.3 is 14.9 Å². The van der Waals surface area contributed by atoms with Crippen LogP contribution in [0.1, 0.15) is 28.5 Å². The number of nitrogens with zero attached hydrogens (tertiary/aromatic N) is 2. The average molecular weight is 362 g/mol. The molecule has 0 radical (unpaired) electrons. The van der Waals surface area contributed by atoms with Crippen molar-refractivity contribution in [3.63, 3.8) is 0 Å². The minimum absolute atomic E-state index is 0.0314. The minimum atomic E-state index is -0.314. The van der Waals surface area contributed by atoms with E-state index in [0.29, 0.717) is 42.2 Å². The van der Waals surface area contributed by atoms with Crippen LogP contribution >= 0.6 is 0 Å². The average Bonchev–Trinajstić information content (AvgIpc) is 3.18. The molecule has 2 aromatic heterocycles. The van der Waals surface area contributed by atoms with E-state index in [0.717, 1.165) is 0 Å². The van der Waals surface area contributed by atoms with Gasteiger partial charge in [-0.3, -0.25) is 14.4 Å². The van der Waals surface area contributed by atoms with Crippen LogP contribution in [0, 0.1) is 0 Å². The summed E-state index contributed by atoms with van der Waals surface area (Å²) in [4.78, 5) is 48.3. The van der Waals surface area contributed by atoms with Gasteiger partial charge in [0.25, 0.3) is 17.0 Å². The van der Waals surface area contributed by atoms with Crippen molar-refractivity contribution < 1.29 is 4.79 Å². The Morgan fingerprint density at radius 3 is 2.70 bits per heavy atom. The van der Waals surface area contributed by atoms with Crippen molar-refractivity contribution in [1.29, 1.82) is 0 Å². The van der Waals surface area contributed by atoms with Gasteiger partial charge in [-0.15, -0.1) is 0 Å². The maximum atomic E-state index is 12.6. The molecule has 27 heavy (non-hydrogen) atoms. The molecule has 1 aliphatic heterocycles. The molecule has 2 N–H and O–H groups in total. The lowest BCUT2D eigenvalue weighted by atomic mass is 10.1. The zero-order chi connectivity index (χ0) is 18.8. The van der Waals surface area contributed by atoms with E-state index < -0.39 is 0 Å². The fourth-order valence-corrected chi connectivity index (χ4v) is 3.36. The van der Waals surface area contributed by atoms with Gasteiger partial charge in [-0.1, -0.05) is 18.2 Å². The van der Waals surface area contributed by atoms with Gasteiger partial charge in [-0.05, 0) is 30.7 Å². The van der Waals surface area contributed by atoms with Gasteiger partial charge in [0.2, 0.25) is 0 Å². The number of H-pyrrole nitrogens is 2. The first-order chi connectivity index (χ1) is 13.1. The molecular formula is C20H18N4O3. The number of aromatic nitrogens is 3. The van der Waals surface area contributed by atoms with E-state index in [2.05, 4.69) is 15.0 Å². The highest BCUT2D eigenvalue weighted by Crippen LogP contribution is 2.26. The first-order valence-corrected chi connectivity index (χ1v) is 8.75. The van der Waals surface area contributed by atoms with Crippen molar-refractivity contribution in [3.05, 3.63) is 86.8 Å². The standard InChI is InChI=1S/C20H18N4O3/c25-17-11-16(15-7-4-9-21-19(15)26)22-18(23-17)14-8-10-24(12-14)20(27)13-5-2-1-3-6-13/h1-7,9,11,14H,8,10,12H2,(H,21,26)(H,22,23,25). The number of carbonyl (C=O) groups is 1. The van der Waals surface area contributed by atoms with E-state index in [1.807, 2.05) is 18.2 Å². The van der Waals surface area contributed by atoms with Crippen LogP contribution in [0.2, 0.25) is 0 Å². The van der Waals surface area contributed by atoms with Crippen molar-refractivity contribution in [2.75, 3.05) is 13.1 Å². The van der Waals surface area contributed by atoms with Crippen LogP contribution in [0.4, 0.5) is 0 Å². The Morgan fingerprint density at radius 2 is 1.93 bits per heavy atom. The molecule has 3 heterocycles. The van der Waals surface area contributed by atoms with Crippen molar-refractivity contribution in [3.8, 4) is 11.3 Å². The van der Waals surface area contributed by atoms with Gasteiger partial charge in [-0.2, -0.15) is 0 Å². The Labute approximate surface area is 154 Å². The number of hydrogen-bond donors (Lipinski definition) is 2. The summed E-state index contributed by atoms with van der Waals surface area (Å²) in [6.45, 7) is 1.07. The summed E-state index contributed by atoms with van der Waals surface area (Å²) < 4.78 is 0. The van der Waals surface area contributed by atoms with E-state index >= 15 is 0 Å². The molecule has 1 unspecified atom stereocenters. The Balaban J connectivity index is 1.60. The molecule has 7 nitrogen and oxygen atoms in total. The van der Waals surface area contributed by atoms with Crippen LogP contribution in [0.15, 0.2) is 64.3 Å². The lowest BCUT2D eigenvalue weighted by Crippen LogP contribution is -2.28. The molecule has 1 aromatic carbocycles. The first-order valence-electron chi connectivity index (χ1n) is 8.75. The number of hydrogen-bond acceptors (Lipinski definition) is 4. The third-order valence-electron chi connectivity index (χ3n) is 4.74. The number of likely N-dealkylation sites (tertiary alicyclic amines) is 1. The molecule has 3 aromatic rings. The number of aromatic amines is 2.